The van der Waals surface area contributed by atoms with Crippen molar-refractivity contribution in [3.63, 3.8) is 0 Å². The Morgan fingerprint density at radius 1 is 1.15 bits per heavy atom. The van der Waals surface area contributed by atoms with Crippen LogP contribution in [-0.4, -0.2) is 60.7 Å². The molecule has 1 aromatic heterocycles. The Hall–Kier alpha value is -2.45. The number of anilines is 1. The van der Waals surface area contributed by atoms with Crippen LogP contribution in [0.3, 0.4) is 0 Å². The fourth-order valence-electron chi connectivity index (χ4n) is 3.18. The number of aromatic nitrogens is 2. The molecule has 0 spiro atoms. The number of carbonyl (C=O) groups excluding carboxylic acids is 1. The number of halogens is 1. The lowest BCUT2D eigenvalue weighted by atomic mass is 10.2. The number of hydrogen-bond acceptors (Lipinski definition) is 6. The molecule has 0 amide bonds. The van der Waals surface area contributed by atoms with Gasteiger partial charge in [0.15, 0.2) is 0 Å². The maximum Gasteiger partial charge on any atom is 0.356 e. The lowest BCUT2D eigenvalue weighted by Crippen LogP contribution is -2.46. The van der Waals surface area contributed by atoms with Crippen LogP contribution in [0.4, 0.5) is 5.69 Å². The van der Waals surface area contributed by atoms with E-state index in [1.807, 2.05) is 18.2 Å². The van der Waals surface area contributed by atoms with Crippen LogP contribution in [0.2, 0.25) is 0 Å². The molecule has 0 aliphatic carbocycles. The van der Waals surface area contributed by atoms with Crippen LogP contribution in [-0.2, 0) is 11.3 Å². The minimum absolute atomic E-state index is 0. The molecule has 0 atom stereocenters. The number of nitrogens with zero attached hydrogens (tertiary/aromatic N) is 2. The van der Waals surface area contributed by atoms with Crippen molar-refractivity contribution < 1.29 is 14.3 Å². The second kappa shape index (κ2) is 9.48. The number of aromatic amines is 2. The lowest BCUT2D eigenvalue weighted by Gasteiger charge is -2.36. The quantitative estimate of drug-likeness (QED) is 0.721. The highest BCUT2D eigenvalue weighted by Gasteiger charge is 2.23. The second-order valence-electron chi connectivity index (χ2n) is 6.09. The van der Waals surface area contributed by atoms with Gasteiger partial charge in [-0.3, -0.25) is 9.88 Å². The molecule has 0 radical (unpaired) electrons. The maximum absolute atomic E-state index is 12.0. The van der Waals surface area contributed by atoms with Crippen molar-refractivity contribution in [3.8, 4) is 5.75 Å². The van der Waals surface area contributed by atoms with Crippen molar-refractivity contribution in [2.45, 2.75) is 13.5 Å². The highest BCUT2D eigenvalue weighted by Crippen LogP contribution is 2.28. The van der Waals surface area contributed by atoms with Crippen LogP contribution in [0.15, 0.2) is 29.1 Å². The first-order valence-electron chi connectivity index (χ1n) is 8.71. The molecular formula is C18H25ClN4O4. The van der Waals surface area contributed by atoms with Crippen molar-refractivity contribution in [1.29, 1.82) is 0 Å². The number of hydrogen-bond donors (Lipinski definition) is 2. The summed E-state index contributed by atoms with van der Waals surface area (Å²) in [5.74, 6) is 0.356. The van der Waals surface area contributed by atoms with Gasteiger partial charge < -0.3 is 19.4 Å². The second-order valence-corrected chi connectivity index (χ2v) is 6.09. The van der Waals surface area contributed by atoms with Crippen molar-refractivity contribution in [2.75, 3.05) is 44.8 Å². The van der Waals surface area contributed by atoms with E-state index >= 15 is 0 Å². The summed E-state index contributed by atoms with van der Waals surface area (Å²) in [7, 11) is 1.67. The van der Waals surface area contributed by atoms with Crippen LogP contribution < -0.4 is 15.3 Å². The third-order valence-electron chi connectivity index (χ3n) is 4.46. The van der Waals surface area contributed by atoms with Gasteiger partial charge >= 0.3 is 11.7 Å². The van der Waals surface area contributed by atoms with E-state index in [2.05, 4.69) is 25.8 Å². The van der Waals surface area contributed by atoms with Gasteiger partial charge in [0.1, 0.15) is 11.4 Å². The van der Waals surface area contributed by atoms with E-state index in [1.165, 1.54) is 0 Å². The van der Waals surface area contributed by atoms with Crippen molar-refractivity contribution in [2.24, 2.45) is 0 Å². The molecule has 2 heterocycles. The van der Waals surface area contributed by atoms with E-state index in [-0.39, 0.29) is 24.7 Å². The van der Waals surface area contributed by atoms with Gasteiger partial charge in [-0.05, 0) is 19.1 Å². The maximum atomic E-state index is 12.0. The van der Waals surface area contributed by atoms with Gasteiger partial charge in [-0.25, -0.2) is 9.59 Å². The Morgan fingerprint density at radius 3 is 2.52 bits per heavy atom. The summed E-state index contributed by atoms with van der Waals surface area (Å²) in [5.41, 5.74) is 1.47. The molecule has 3 rings (SSSR count). The first kappa shape index (κ1) is 20.9. The highest BCUT2D eigenvalue weighted by atomic mass is 35.5. The van der Waals surface area contributed by atoms with Gasteiger partial charge in [0, 0.05) is 32.7 Å². The van der Waals surface area contributed by atoms with E-state index in [1.54, 1.807) is 14.0 Å². The minimum atomic E-state index is -0.506. The summed E-state index contributed by atoms with van der Waals surface area (Å²) in [6.45, 7) is 5.80. The summed E-state index contributed by atoms with van der Waals surface area (Å²) < 4.78 is 10.4. The number of ether oxygens (including phenoxy) is 2. The van der Waals surface area contributed by atoms with Crippen molar-refractivity contribution in [1.82, 2.24) is 14.9 Å². The van der Waals surface area contributed by atoms with Gasteiger partial charge in [0.05, 0.1) is 25.1 Å². The molecule has 0 saturated carbocycles. The van der Waals surface area contributed by atoms with E-state index in [0.29, 0.717) is 12.2 Å². The number of H-pyrrole nitrogens is 2. The first-order chi connectivity index (χ1) is 12.6. The Balaban J connectivity index is 0.00000261. The summed E-state index contributed by atoms with van der Waals surface area (Å²) >= 11 is 0. The number of methoxy groups -OCH3 is 1. The summed E-state index contributed by atoms with van der Waals surface area (Å²) in [6.07, 6.45) is 0. The number of rotatable bonds is 6. The largest absolute Gasteiger partial charge is 0.495 e. The number of carbonyl (C=O) groups is 1. The molecule has 1 aliphatic heterocycles. The summed E-state index contributed by atoms with van der Waals surface area (Å²) in [6, 6.07) is 7.97. The molecule has 2 N–H and O–H groups in total. The van der Waals surface area contributed by atoms with Crippen LogP contribution in [0.1, 0.15) is 23.1 Å². The Morgan fingerprint density at radius 2 is 1.85 bits per heavy atom. The molecule has 148 valence electrons. The Kier molecular flexibility index (Phi) is 7.32. The molecule has 0 unspecified atom stereocenters. The van der Waals surface area contributed by atoms with E-state index in [9.17, 15) is 9.59 Å². The molecule has 9 heteroatoms. The zero-order chi connectivity index (χ0) is 18.5. The fraction of sp³-hybridized carbons (Fsp3) is 0.444. The SMILES string of the molecule is CCOC(=O)c1[nH]c(=O)[nH]c1CN1CCN(c2ccccc2OC)CC1.Cl. The lowest BCUT2D eigenvalue weighted by molar-refractivity contribution is 0.0517. The van der Waals surface area contributed by atoms with Crippen molar-refractivity contribution in [3.05, 3.63) is 46.1 Å². The van der Waals surface area contributed by atoms with Gasteiger partial charge in [-0.2, -0.15) is 0 Å². The van der Waals surface area contributed by atoms with Crippen LogP contribution in [0, 0.1) is 0 Å². The normalized spacial score (nSPS) is 14.5. The summed E-state index contributed by atoms with van der Waals surface area (Å²) in [5, 5.41) is 0. The Labute approximate surface area is 163 Å². The zero-order valence-electron chi connectivity index (χ0n) is 15.5. The highest BCUT2D eigenvalue weighted by molar-refractivity contribution is 5.88. The van der Waals surface area contributed by atoms with Crippen LogP contribution in [0.25, 0.3) is 0 Å². The Bertz CT molecular complexity index is 812. The number of benzene rings is 1. The van der Waals surface area contributed by atoms with E-state index < -0.39 is 11.7 Å². The number of para-hydroxylation sites is 2. The smallest absolute Gasteiger partial charge is 0.356 e. The predicted octanol–water partition coefficient (Wildman–Crippen LogP) is 1.63. The zero-order valence-corrected chi connectivity index (χ0v) is 16.3. The predicted molar refractivity (Wildman–Crippen MR) is 105 cm³/mol. The summed E-state index contributed by atoms with van der Waals surface area (Å²) in [4.78, 5) is 33.3. The van der Waals surface area contributed by atoms with Gasteiger partial charge in [0.25, 0.3) is 0 Å². The monoisotopic (exact) mass is 396 g/mol. The van der Waals surface area contributed by atoms with Crippen molar-refractivity contribution >= 4 is 24.1 Å². The van der Waals surface area contributed by atoms with Gasteiger partial charge in [-0.15, -0.1) is 12.4 Å². The van der Waals surface area contributed by atoms with E-state index in [4.69, 9.17) is 9.47 Å². The van der Waals surface area contributed by atoms with Crippen LogP contribution >= 0.6 is 12.4 Å². The first-order valence-corrected chi connectivity index (χ1v) is 8.71. The van der Waals surface area contributed by atoms with Gasteiger partial charge in [-0.1, -0.05) is 12.1 Å². The third-order valence-corrected chi connectivity index (χ3v) is 4.46. The minimum Gasteiger partial charge on any atom is -0.495 e. The average molecular weight is 397 g/mol. The molecule has 1 saturated heterocycles. The molecule has 1 fully saturated rings. The third kappa shape index (κ3) is 4.84. The number of imidazole rings is 1. The molecule has 1 aliphatic rings. The van der Waals surface area contributed by atoms with Crippen LogP contribution in [0.5, 0.6) is 5.75 Å². The molecule has 27 heavy (non-hydrogen) atoms. The number of nitrogens with one attached hydrogen (secondary N) is 2. The number of esters is 1. The topological polar surface area (TPSA) is 90.7 Å². The molecule has 1 aromatic carbocycles. The van der Waals surface area contributed by atoms with E-state index in [0.717, 1.165) is 37.6 Å². The molecule has 8 nitrogen and oxygen atoms in total. The van der Waals surface area contributed by atoms with Gasteiger partial charge in [0.2, 0.25) is 0 Å². The average Bonchev–Trinajstić information content (AvgIpc) is 3.03. The molecule has 0 bridgehead atoms. The number of piperazine rings is 1. The standard InChI is InChI=1S/C18H24N4O4.ClH/c1-3-26-17(23)16-13(19-18(24)20-16)12-21-8-10-22(11-9-21)14-6-4-5-7-15(14)25-2;/h4-7H,3,8-12H2,1-2H3,(H2,19,20,24);1H. The fourth-order valence-corrected chi connectivity index (χ4v) is 3.18. The molecular weight excluding hydrogens is 372 g/mol. The molecule has 2 aromatic rings.